The first kappa shape index (κ1) is 15.9. The molecule has 0 fully saturated rings. The summed E-state index contributed by atoms with van der Waals surface area (Å²) in [6.07, 6.45) is 4.26. The van der Waals surface area contributed by atoms with Crippen molar-refractivity contribution in [3.05, 3.63) is 53.1 Å². The van der Waals surface area contributed by atoms with Crippen molar-refractivity contribution < 1.29 is 4.79 Å². The van der Waals surface area contributed by atoms with E-state index in [-0.39, 0.29) is 11.9 Å². The van der Waals surface area contributed by atoms with Crippen LogP contribution in [0.1, 0.15) is 30.8 Å². The first-order valence-corrected chi connectivity index (χ1v) is 8.33. The highest BCUT2D eigenvalue weighted by Crippen LogP contribution is 2.16. The number of carbonyl (C=O) groups excluding carboxylic acids is 1. The Bertz CT molecular complexity index is 557. The summed E-state index contributed by atoms with van der Waals surface area (Å²) in [5, 5.41) is 3.72. The topological polar surface area (TPSA) is 57.8 Å². The van der Waals surface area contributed by atoms with Crippen LogP contribution in [-0.4, -0.2) is 21.6 Å². The molecule has 1 amide bonds. The van der Waals surface area contributed by atoms with Crippen molar-refractivity contribution in [2.24, 2.45) is 0 Å². The van der Waals surface area contributed by atoms with Crippen LogP contribution in [0.3, 0.4) is 0 Å². The number of nitrogens with zero attached hydrogens (tertiary/aromatic N) is 1. The van der Waals surface area contributed by atoms with Gasteiger partial charge in [0.1, 0.15) is 5.82 Å². The number of thioether (sulfide) groups is 1. The third kappa shape index (κ3) is 5.10. The van der Waals surface area contributed by atoms with E-state index >= 15 is 0 Å². The molecule has 0 bridgehead atoms. The SMILES string of the molecule is CCC(NC(=O)CSCc1ccc(Cl)cc1)c1ncc[nH]1. The van der Waals surface area contributed by atoms with Gasteiger partial charge in [-0.05, 0) is 24.1 Å². The molecule has 0 aliphatic carbocycles. The number of nitrogens with one attached hydrogen (secondary N) is 2. The van der Waals surface area contributed by atoms with E-state index in [0.717, 1.165) is 28.6 Å². The van der Waals surface area contributed by atoms with Crippen LogP contribution in [0.5, 0.6) is 0 Å². The molecule has 0 radical (unpaired) electrons. The van der Waals surface area contributed by atoms with Gasteiger partial charge in [0.05, 0.1) is 11.8 Å². The number of rotatable bonds is 7. The molecule has 1 atom stereocenters. The Morgan fingerprint density at radius 2 is 2.19 bits per heavy atom. The Balaban J connectivity index is 1.75. The first-order valence-electron chi connectivity index (χ1n) is 6.80. The van der Waals surface area contributed by atoms with Crippen LogP contribution >= 0.6 is 23.4 Å². The molecule has 2 rings (SSSR count). The molecule has 0 saturated heterocycles. The highest BCUT2D eigenvalue weighted by molar-refractivity contribution is 7.99. The van der Waals surface area contributed by atoms with Crippen molar-refractivity contribution in [3.63, 3.8) is 0 Å². The average Bonchev–Trinajstić information content (AvgIpc) is 3.01. The second-order valence-electron chi connectivity index (χ2n) is 4.62. The highest BCUT2D eigenvalue weighted by Gasteiger charge is 2.14. The van der Waals surface area contributed by atoms with Crippen LogP contribution in [0.2, 0.25) is 5.02 Å². The van der Waals surface area contributed by atoms with E-state index in [1.165, 1.54) is 0 Å². The van der Waals surface area contributed by atoms with Crippen LogP contribution < -0.4 is 5.32 Å². The predicted octanol–water partition coefficient (Wildman–Crippen LogP) is 3.56. The van der Waals surface area contributed by atoms with Crippen LogP contribution in [0.4, 0.5) is 0 Å². The molecule has 112 valence electrons. The van der Waals surface area contributed by atoms with E-state index in [1.807, 2.05) is 31.2 Å². The number of aromatic amines is 1. The van der Waals surface area contributed by atoms with Crippen LogP contribution in [0, 0.1) is 0 Å². The number of hydrogen-bond donors (Lipinski definition) is 2. The van der Waals surface area contributed by atoms with Gasteiger partial charge < -0.3 is 10.3 Å². The highest BCUT2D eigenvalue weighted by atomic mass is 35.5. The fourth-order valence-electron chi connectivity index (χ4n) is 1.91. The van der Waals surface area contributed by atoms with Crippen molar-refractivity contribution >= 4 is 29.3 Å². The lowest BCUT2D eigenvalue weighted by molar-refractivity contribution is -0.119. The summed E-state index contributed by atoms with van der Waals surface area (Å²) in [5.41, 5.74) is 1.16. The van der Waals surface area contributed by atoms with E-state index in [9.17, 15) is 4.79 Å². The van der Waals surface area contributed by atoms with Crippen LogP contribution in [-0.2, 0) is 10.5 Å². The molecule has 4 nitrogen and oxygen atoms in total. The summed E-state index contributed by atoms with van der Waals surface area (Å²) in [6.45, 7) is 2.02. The summed E-state index contributed by atoms with van der Waals surface area (Å²) < 4.78 is 0. The molecular weight excluding hydrogens is 306 g/mol. The molecule has 1 unspecified atom stereocenters. The summed E-state index contributed by atoms with van der Waals surface area (Å²) in [5.74, 6) is 2.05. The molecule has 2 N–H and O–H groups in total. The fourth-order valence-corrected chi connectivity index (χ4v) is 2.83. The molecule has 1 aromatic carbocycles. The predicted molar refractivity (Wildman–Crippen MR) is 87.4 cm³/mol. The molecule has 1 aromatic heterocycles. The Labute approximate surface area is 133 Å². The summed E-state index contributed by atoms with van der Waals surface area (Å²) in [6, 6.07) is 7.63. The average molecular weight is 324 g/mol. The molecule has 6 heteroatoms. The van der Waals surface area contributed by atoms with Gasteiger partial charge in [0.15, 0.2) is 0 Å². The minimum atomic E-state index is -0.0522. The van der Waals surface area contributed by atoms with Crippen molar-refractivity contribution in [2.75, 3.05) is 5.75 Å². The summed E-state index contributed by atoms with van der Waals surface area (Å²) >= 11 is 7.42. The number of H-pyrrole nitrogens is 1. The zero-order valence-corrected chi connectivity index (χ0v) is 13.4. The minimum Gasteiger partial charge on any atom is -0.347 e. The maximum Gasteiger partial charge on any atom is 0.230 e. The lowest BCUT2D eigenvalue weighted by Gasteiger charge is -2.14. The van der Waals surface area contributed by atoms with Gasteiger partial charge in [-0.15, -0.1) is 11.8 Å². The summed E-state index contributed by atoms with van der Waals surface area (Å²) in [7, 11) is 0. The van der Waals surface area contributed by atoms with Crippen molar-refractivity contribution in [2.45, 2.75) is 25.1 Å². The van der Waals surface area contributed by atoms with Gasteiger partial charge in [-0.25, -0.2) is 4.98 Å². The van der Waals surface area contributed by atoms with E-state index in [1.54, 1.807) is 24.2 Å². The number of carbonyl (C=O) groups is 1. The van der Waals surface area contributed by atoms with Gasteiger partial charge in [-0.1, -0.05) is 30.7 Å². The number of imidazole rings is 1. The van der Waals surface area contributed by atoms with E-state index in [2.05, 4.69) is 15.3 Å². The maximum atomic E-state index is 12.0. The van der Waals surface area contributed by atoms with Gasteiger partial charge in [-0.3, -0.25) is 4.79 Å². The largest absolute Gasteiger partial charge is 0.347 e. The van der Waals surface area contributed by atoms with Gasteiger partial charge in [0, 0.05) is 23.2 Å². The zero-order valence-electron chi connectivity index (χ0n) is 11.8. The van der Waals surface area contributed by atoms with Crippen LogP contribution in [0.25, 0.3) is 0 Å². The molecule has 0 aliphatic heterocycles. The molecular formula is C15H18ClN3OS. The Hall–Kier alpha value is -1.46. The molecule has 2 aromatic rings. The second-order valence-corrected chi connectivity index (χ2v) is 6.04. The minimum absolute atomic E-state index is 0.0252. The number of amides is 1. The van der Waals surface area contributed by atoms with Gasteiger partial charge >= 0.3 is 0 Å². The van der Waals surface area contributed by atoms with Crippen molar-refractivity contribution in [1.29, 1.82) is 0 Å². The van der Waals surface area contributed by atoms with Crippen LogP contribution in [0.15, 0.2) is 36.7 Å². The molecule has 0 aliphatic rings. The Morgan fingerprint density at radius 3 is 2.81 bits per heavy atom. The molecule has 0 saturated carbocycles. The smallest absolute Gasteiger partial charge is 0.230 e. The normalized spacial score (nSPS) is 12.1. The Morgan fingerprint density at radius 1 is 1.43 bits per heavy atom. The molecule has 1 heterocycles. The van der Waals surface area contributed by atoms with E-state index < -0.39 is 0 Å². The monoisotopic (exact) mass is 323 g/mol. The number of halogens is 1. The standard InChI is InChI=1S/C15H18ClN3OS/c1-2-13(15-17-7-8-18-15)19-14(20)10-21-9-11-3-5-12(16)6-4-11/h3-8,13H,2,9-10H2,1H3,(H,17,18)(H,19,20). The lowest BCUT2D eigenvalue weighted by Crippen LogP contribution is -2.30. The first-order chi connectivity index (χ1) is 10.2. The third-order valence-electron chi connectivity index (χ3n) is 3.01. The summed E-state index contributed by atoms with van der Waals surface area (Å²) in [4.78, 5) is 19.2. The van der Waals surface area contributed by atoms with Crippen molar-refractivity contribution in [3.8, 4) is 0 Å². The second kappa shape index (κ2) is 8.10. The number of benzene rings is 1. The Kier molecular flexibility index (Phi) is 6.14. The quantitative estimate of drug-likeness (QED) is 0.819. The maximum absolute atomic E-state index is 12.0. The number of aromatic nitrogens is 2. The third-order valence-corrected chi connectivity index (χ3v) is 4.26. The van der Waals surface area contributed by atoms with Crippen molar-refractivity contribution in [1.82, 2.24) is 15.3 Å². The van der Waals surface area contributed by atoms with E-state index in [4.69, 9.17) is 11.6 Å². The molecule has 0 spiro atoms. The number of hydrogen-bond acceptors (Lipinski definition) is 3. The fraction of sp³-hybridized carbons (Fsp3) is 0.333. The zero-order chi connectivity index (χ0) is 15.1. The van der Waals surface area contributed by atoms with Gasteiger partial charge in [-0.2, -0.15) is 0 Å². The van der Waals surface area contributed by atoms with E-state index in [0.29, 0.717) is 5.75 Å². The van der Waals surface area contributed by atoms with Gasteiger partial charge in [0.2, 0.25) is 5.91 Å². The lowest BCUT2D eigenvalue weighted by atomic mass is 10.2. The molecule has 21 heavy (non-hydrogen) atoms. The van der Waals surface area contributed by atoms with Gasteiger partial charge in [0.25, 0.3) is 0 Å².